The third kappa shape index (κ3) is 4.90. The molecule has 1 atom stereocenters. The van der Waals surface area contributed by atoms with Gasteiger partial charge in [0, 0.05) is 22.8 Å². The van der Waals surface area contributed by atoms with Crippen molar-refractivity contribution in [3.63, 3.8) is 0 Å². The van der Waals surface area contributed by atoms with E-state index in [9.17, 15) is 23.3 Å². The zero-order valence-corrected chi connectivity index (χ0v) is 16.8. The molecule has 0 fully saturated rings. The lowest BCUT2D eigenvalue weighted by Gasteiger charge is -2.29. The van der Waals surface area contributed by atoms with Crippen LogP contribution in [0.25, 0.3) is 0 Å². The van der Waals surface area contributed by atoms with Crippen LogP contribution >= 0.6 is 11.6 Å². The number of nitrogens with one attached hydrogen (secondary N) is 1. The van der Waals surface area contributed by atoms with Crippen LogP contribution in [0.4, 0.5) is 17.1 Å². The third-order valence-electron chi connectivity index (χ3n) is 3.79. The van der Waals surface area contributed by atoms with Crippen molar-refractivity contribution in [3.05, 3.63) is 57.6 Å². The molecule has 0 saturated heterocycles. The Hall–Kier alpha value is -2.85. The molecule has 0 aliphatic heterocycles. The van der Waals surface area contributed by atoms with Crippen LogP contribution in [-0.4, -0.2) is 38.7 Å². The maximum absolute atomic E-state index is 12.7. The normalized spacial score (nSPS) is 12.1. The van der Waals surface area contributed by atoms with Gasteiger partial charge in [0.1, 0.15) is 11.8 Å². The van der Waals surface area contributed by atoms with Crippen LogP contribution in [0.1, 0.15) is 6.92 Å². The Morgan fingerprint density at radius 1 is 1.29 bits per heavy atom. The van der Waals surface area contributed by atoms with E-state index in [1.54, 1.807) is 0 Å². The second kappa shape index (κ2) is 8.44. The number of amides is 1. The number of carbonyl (C=O) groups excluding carboxylic acids is 1. The summed E-state index contributed by atoms with van der Waals surface area (Å²) in [4.78, 5) is 23.0. The van der Waals surface area contributed by atoms with Gasteiger partial charge in [-0.1, -0.05) is 17.7 Å². The average molecular weight is 428 g/mol. The standard InChI is InChI=1S/C17H18ClN3O6S/c1-11(17(22)19-13-5-4-6-14(10-13)21(23)24)20(28(3,25)26)15-9-12(18)7-8-16(15)27-2/h4-11H,1-3H3,(H,19,22). The minimum atomic E-state index is -3.90. The van der Waals surface area contributed by atoms with E-state index < -0.39 is 26.9 Å². The first-order chi connectivity index (χ1) is 13.0. The zero-order chi connectivity index (χ0) is 21.1. The van der Waals surface area contributed by atoms with E-state index in [2.05, 4.69) is 5.32 Å². The molecule has 11 heteroatoms. The molecule has 1 amide bonds. The summed E-state index contributed by atoms with van der Waals surface area (Å²) in [6, 6.07) is 8.52. The first-order valence-electron chi connectivity index (χ1n) is 7.93. The van der Waals surface area contributed by atoms with Gasteiger partial charge in [-0.3, -0.25) is 19.2 Å². The monoisotopic (exact) mass is 427 g/mol. The summed E-state index contributed by atoms with van der Waals surface area (Å²) in [6.07, 6.45) is 0.949. The molecule has 9 nitrogen and oxygen atoms in total. The number of rotatable bonds is 7. The second-order valence-corrected chi connectivity index (χ2v) is 8.14. The number of methoxy groups -OCH3 is 1. The predicted octanol–water partition coefficient (Wildman–Crippen LogP) is 3.05. The largest absolute Gasteiger partial charge is 0.495 e. The molecule has 0 saturated carbocycles. The number of ether oxygens (including phenoxy) is 1. The number of hydrogen-bond donors (Lipinski definition) is 1. The van der Waals surface area contributed by atoms with Crippen molar-refractivity contribution in [1.82, 2.24) is 0 Å². The Morgan fingerprint density at radius 3 is 2.54 bits per heavy atom. The lowest BCUT2D eigenvalue weighted by molar-refractivity contribution is -0.384. The minimum absolute atomic E-state index is 0.0965. The fraction of sp³-hybridized carbons (Fsp3) is 0.235. The van der Waals surface area contributed by atoms with Crippen LogP contribution in [-0.2, 0) is 14.8 Å². The molecule has 28 heavy (non-hydrogen) atoms. The number of hydrogen-bond acceptors (Lipinski definition) is 6. The lowest BCUT2D eigenvalue weighted by Crippen LogP contribution is -2.45. The molecule has 1 unspecified atom stereocenters. The van der Waals surface area contributed by atoms with E-state index in [0.717, 1.165) is 10.6 Å². The highest BCUT2D eigenvalue weighted by atomic mass is 35.5. The number of nitrogens with zero attached hydrogens (tertiary/aromatic N) is 2. The summed E-state index contributed by atoms with van der Waals surface area (Å²) in [5.41, 5.74) is 0.0543. The highest BCUT2D eigenvalue weighted by Crippen LogP contribution is 2.34. The zero-order valence-electron chi connectivity index (χ0n) is 15.2. The second-order valence-electron chi connectivity index (χ2n) is 5.85. The Bertz CT molecular complexity index is 1010. The van der Waals surface area contributed by atoms with Crippen molar-refractivity contribution in [1.29, 1.82) is 0 Å². The average Bonchev–Trinajstić information content (AvgIpc) is 2.61. The maximum atomic E-state index is 12.7. The summed E-state index contributed by atoms with van der Waals surface area (Å²) < 4.78 is 30.9. The molecule has 0 heterocycles. The van der Waals surface area contributed by atoms with Crippen LogP contribution in [0.5, 0.6) is 5.75 Å². The van der Waals surface area contributed by atoms with Gasteiger partial charge in [-0.2, -0.15) is 0 Å². The predicted molar refractivity (Wildman–Crippen MR) is 107 cm³/mol. The summed E-state index contributed by atoms with van der Waals surface area (Å²) in [5, 5.41) is 13.6. The molecular formula is C17H18ClN3O6S. The third-order valence-corrected chi connectivity index (χ3v) is 5.25. The van der Waals surface area contributed by atoms with Crippen molar-refractivity contribution in [2.24, 2.45) is 0 Å². The number of nitro benzene ring substituents is 1. The highest BCUT2D eigenvalue weighted by Gasteiger charge is 2.31. The van der Waals surface area contributed by atoms with Gasteiger partial charge in [0.05, 0.1) is 24.0 Å². The Kier molecular flexibility index (Phi) is 6.47. The molecule has 0 bridgehead atoms. The molecule has 0 aliphatic carbocycles. The summed E-state index contributed by atoms with van der Waals surface area (Å²) in [5.74, 6) is -0.474. The van der Waals surface area contributed by atoms with Crippen LogP contribution in [0.15, 0.2) is 42.5 Å². The number of benzene rings is 2. The van der Waals surface area contributed by atoms with Crippen molar-refractivity contribution < 1.29 is 22.9 Å². The molecular weight excluding hydrogens is 410 g/mol. The van der Waals surface area contributed by atoms with Gasteiger partial charge in [0.15, 0.2) is 0 Å². The van der Waals surface area contributed by atoms with E-state index in [1.165, 1.54) is 56.5 Å². The van der Waals surface area contributed by atoms with Crippen LogP contribution in [0.2, 0.25) is 5.02 Å². The van der Waals surface area contributed by atoms with Crippen LogP contribution in [0, 0.1) is 10.1 Å². The van der Waals surface area contributed by atoms with Crippen molar-refractivity contribution in [3.8, 4) is 5.75 Å². The van der Waals surface area contributed by atoms with Crippen LogP contribution in [0.3, 0.4) is 0 Å². The lowest BCUT2D eigenvalue weighted by atomic mass is 10.2. The SMILES string of the molecule is COc1ccc(Cl)cc1N(C(C)C(=O)Nc1cccc([N+](=O)[O-])c1)S(C)(=O)=O. The molecule has 150 valence electrons. The highest BCUT2D eigenvalue weighted by molar-refractivity contribution is 7.92. The number of nitro groups is 1. The Balaban J connectivity index is 2.40. The van der Waals surface area contributed by atoms with Gasteiger partial charge in [0.25, 0.3) is 5.69 Å². The number of halogens is 1. The van der Waals surface area contributed by atoms with Crippen molar-refractivity contribution in [2.45, 2.75) is 13.0 Å². The number of sulfonamides is 1. The molecule has 0 spiro atoms. The summed E-state index contributed by atoms with van der Waals surface area (Å²) in [6.45, 7) is 1.38. The fourth-order valence-corrected chi connectivity index (χ4v) is 3.90. The first-order valence-corrected chi connectivity index (χ1v) is 10.2. The fourth-order valence-electron chi connectivity index (χ4n) is 2.56. The Labute approximate surface area is 167 Å². The van der Waals surface area contributed by atoms with E-state index >= 15 is 0 Å². The van der Waals surface area contributed by atoms with E-state index in [1.807, 2.05) is 0 Å². The van der Waals surface area contributed by atoms with Crippen LogP contribution < -0.4 is 14.4 Å². The van der Waals surface area contributed by atoms with Crippen molar-refractivity contribution >= 4 is 44.6 Å². The molecule has 0 radical (unpaired) electrons. The molecule has 0 aromatic heterocycles. The summed E-state index contributed by atoms with van der Waals surface area (Å²) >= 11 is 5.99. The smallest absolute Gasteiger partial charge is 0.271 e. The maximum Gasteiger partial charge on any atom is 0.271 e. The molecule has 1 N–H and O–H groups in total. The summed E-state index contributed by atoms with van der Waals surface area (Å²) in [7, 11) is -2.54. The van der Waals surface area contributed by atoms with Gasteiger partial charge < -0.3 is 10.1 Å². The molecule has 2 aromatic rings. The van der Waals surface area contributed by atoms with E-state index in [-0.39, 0.29) is 27.8 Å². The number of carbonyl (C=O) groups is 1. The van der Waals surface area contributed by atoms with E-state index in [0.29, 0.717) is 0 Å². The van der Waals surface area contributed by atoms with E-state index in [4.69, 9.17) is 16.3 Å². The first kappa shape index (κ1) is 21.5. The molecule has 0 aliphatic rings. The van der Waals surface area contributed by atoms with Gasteiger partial charge >= 0.3 is 0 Å². The number of non-ortho nitro benzene ring substituents is 1. The van der Waals surface area contributed by atoms with Gasteiger partial charge in [-0.25, -0.2) is 8.42 Å². The topological polar surface area (TPSA) is 119 Å². The van der Waals surface area contributed by atoms with Gasteiger partial charge in [-0.05, 0) is 31.2 Å². The molecule has 2 aromatic carbocycles. The minimum Gasteiger partial charge on any atom is -0.495 e. The quantitative estimate of drug-likeness (QED) is 0.535. The van der Waals surface area contributed by atoms with Gasteiger partial charge in [-0.15, -0.1) is 0 Å². The van der Waals surface area contributed by atoms with Crippen molar-refractivity contribution in [2.75, 3.05) is 23.0 Å². The van der Waals surface area contributed by atoms with Gasteiger partial charge in [0.2, 0.25) is 15.9 Å². The Morgan fingerprint density at radius 2 is 1.96 bits per heavy atom. The number of anilines is 2. The molecule has 2 rings (SSSR count).